The molecule has 0 aliphatic rings. The van der Waals surface area contributed by atoms with Crippen molar-refractivity contribution in [2.45, 2.75) is 115 Å². The zero-order chi connectivity index (χ0) is 16.8. The van der Waals surface area contributed by atoms with Gasteiger partial charge in [-0.1, -0.05) is 78.1 Å². The van der Waals surface area contributed by atoms with Crippen LogP contribution in [0.15, 0.2) is 0 Å². The van der Waals surface area contributed by atoms with Gasteiger partial charge in [-0.2, -0.15) is 0 Å². The van der Waals surface area contributed by atoms with Crippen LogP contribution in [0.1, 0.15) is 90.9 Å². The number of hydrogen-bond acceptors (Lipinski definition) is 4. The third-order valence-corrected chi connectivity index (χ3v) is 4.35. The summed E-state index contributed by atoms with van der Waals surface area (Å²) in [6.45, 7) is 4.30. The SMILES string of the molecule is CCCCCCCC(O)C(O)C(O)C(O)CCCCCCC. The van der Waals surface area contributed by atoms with Crippen molar-refractivity contribution in [1.29, 1.82) is 0 Å². The Morgan fingerprint density at radius 3 is 1.14 bits per heavy atom. The van der Waals surface area contributed by atoms with E-state index in [0.717, 1.165) is 38.5 Å². The fourth-order valence-electron chi connectivity index (χ4n) is 2.71. The summed E-state index contributed by atoms with van der Waals surface area (Å²) in [6.07, 6.45) is 7.32. The Morgan fingerprint density at radius 1 is 0.500 bits per heavy atom. The molecule has 0 aliphatic heterocycles. The molecule has 0 heterocycles. The molecule has 0 amide bonds. The maximum absolute atomic E-state index is 9.94. The molecule has 4 nitrogen and oxygen atoms in total. The summed E-state index contributed by atoms with van der Waals surface area (Å²) < 4.78 is 0. The summed E-state index contributed by atoms with van der Waals surface area (Å²) in [5, 5.41) is 39.7. The topological polar surface area (TPSA) is 80.9 Å². The highest BCUT2D eigenvalue weighted by molar-refractivity contribution is 4.80. The van der Waals surface area contributed by atoms with E-state index in [2.05, 4.69) is 13.8 Å². The van der Waals surface area contributed by atoms with Crippen LogP contribution in [0, 0.1) is 0 Å². The predicted molar refractivity (Wildman–Crippen MR) is 90.8 cm³/mol. The lowest BCUT2D eigenvalue weighted by Gasteiger charge is -2.26. The van der Waals surface area contributed by atoms with Crippen LogP contribution >= 0.6 is 0 Å². The van der Waals surface area contributed by atoms with Crippen molar-refractivity contribution in [3.8, 4) is 0 Å². The van der Waals surface area contributed by atoms with Crippen molar-refractivity contribution in [3.05, 3.63) is 0 Å². The third kappa shape index (κ3) is 10.5. The second-order valence-corrected chi connectivity index (χ2v) is 6.52. The van der Waals surface area contributed by atoms with E-state index in [9.17, 15) is 20.4 Å². The third-order valence-electron chi connectivity index (χ3n) is 4.35. The van der Waals surface area contributed by atoms with Gasteiger partial charge in [0.25, 0.3) is 0 Å². The van der Waals surface area contributed by atoms with Crippen LogP contribution in [-0.4, -0.2) is 44.8 Å². The molecular weight excluding hydrogens is 280 g/mol. The number of aliphatic hydroxyl groups is 4. The molecule has 0 fully saturated rings. The summed E-state index contributed by atoms with van der Waals surface area (Å²) in [4.78, 5) is 0. The van der Waals surface area contributed by atoms with Crippen LogP contribution in [0.3, 0.4) is 0 Å². The lowest BCUT2D eigenvalue weighted by Crippen LogP contribution is -2.44. The van der Waals surface area contributed by atoms with Crippen molar-refractivity contribution in [2.75, 3.05) is 0 Å². The Kier molecular flexibility index (Phi) is 14.3. The van der Waals surface area contributed by atoms with Crippen molar-refractivity contribution < 1.29 is 20.4 Å². The normalized spacial score (nSPS) is 17.2. The van der Waals surface area contributed by atoms with Gasteiger partial charge >= 0.3 is 0 Å². The number of rotatable bonds is 15. The fourth-order valence-corrected chi connectivity index (χ4v) is 2.71. The Balaban J connectivity index is 3.83. The summed E-state index contributed by atoms with van der Waals surface area (Å²) in [6, 6.07) is 0. The smallest absolute Gasteiger partial charge is 0.108 e. The molecule has 0 aromatic heterocycles. The van der Waals surface area contributed by atoms with E-state index in [-0.39, 0.29) is 0 Å². The number of aliphatic hydroxyl groups excluding tert-OH is 4. The molecule has 0 aromatic carbocycles. The first-order valence-corrected chi connectivity index (χ1v) is 9.26. The standard InChI is InChI=1S/C18H38O4/c1-3-5-7-9-11-13-15(19)17(21)18(22)16(20)14-12-10-8-6-4-2/h15-22H,3-14H2,1-2H3. The van der Waals surface area contributed by atoms with Gasteiger partial charge in [-0.15, -0.1) is 0 Å². The van der Waals surface area contributed by atoms with E-state index in [1.165, 1.54) is 25.7 Å². The molecular formula is C18H38O4. The van der Waals surface area contributed by atoms with E-state index in [1.54, 1.807) is 0 Å². The van der Waals surface area contributed by atoms with Crippen LogP contribution < -0.4 is 0 Å². The van der Waals surface area contributed by atoms with Gasteiger partial charge in [0, 0.05) is 0 Å². The molecule has 134 valence electrons. The Bertz CT molecular complexity index is 211. The molecule has 0 spiro atoms. The largest absolute Gasteiger partial charge is 0.390 e. The van der Waals surface area contributed by atoms with Crippen molar-refractivity contribution in [1.82, 2.24) is 0 Å². The minimum Gasteiger partial charge on any atom is -0.390 e. The first kappa shape index (κ1) is 21.8. The lowest BCUT2D eigenvalue weighted by atomic mass is 9.95. The Hall–Kier alpha value is -0.160. The number of unbranched alkanes of at least 4 members (excludes halogenated alkanes) is 8. The molecule has 0 aromatic rings. The van der Waals surface area contributed by atoms with Gasteiger partial charge in [-0.25, -0.2) is 0 Å². The first-order valence-electron chi connectivity index (χ1n) is 9.26. The molecule has 0 radical (unpaired) electrons. The molecule has 4 heteroatoms. The maximum atomic E-state index is 9.94. The quantitative estimate of drug-likeness (QED) is 0.350. The zero-order valence-corrected chi connectivity index (χ0v) is 14.6. The Morgan fingerprint density at radius 2 is 0.818 bits per heavy atom. The van der Waals surface area contributed by atoms with Gasteiger partial charge in [0.2, 0.25) is 0 Å². The highest BCUT2D eigenvalue weighted by Crippen LogP contribution is 2.16. The van der Waals surface area contributed by atoms with Crippen molar-refractivity contribution in [3.63, 3.8) is 0 Å². The van der Waals surface area contributed by atoms with E-state index in [4.69, 9.17) is 0 Å². The van der Waals surface area contributed by atoms with Crippen LogP contribution in [0.2, 0.25) is 0 Å². The Labute approximate surface area is 136 Å². The second-order valence-electron chi connectivity index (χ2n) is 6.52. The van der Waals surface area contributed by atoms with Gasteiger partial charge in [-0.05, 0) is 12.8 Å². The van der Waals surface area contributed by atoms with E-state index >= 15 is 0 Å². The molecule has 4 atom stereocenters. The van der Waals surface area contributed by atoms with Gasteiger partial charge in [0.05, 0.1) is 12.2 Å². The van der Waals surface area contributed by atoms with E-state index < -0.39 is 24.4 Å². The second kappa shape index (κ2) is 14.4. The molecule has 0 bridgehead atoms. The molecule has 0 aliphatic carbocycles. The summed E-state index contributed by atoms with van der Waals surface area (Å²) >= 11 is 0. The summed E-state index contributed by atoms with van der Waals surface area (Å²) in [7, 11) is 0. The average molecular weight is 318 g/mol. The fraction of sp³-hybridized carbons (Fsp3) is 1.00. The average Bonchev–Trinajstić information content (AvgIpc) is 2.52. The molecule has 0 saturated carbocycles. The molecule has 0 rings (SSSR count). The zero-order valence-electron chi connectivity index (χ0n) is 14.6. The van der Waals surface area contributed by atoms with Gasteiger partial charge < -0.3 is 20.4 Å². The van der Waals surface area contributed by atoms with Crippen molar-refractivity contribution >= 4 is 0 Å². The van der Waals surface area contributed by atoms with E-state index in [1.807, 2.05) is 0 Å². The van der Waals surface area contributed by atoms with Gasteiger partial charge in [0.15, 0.2) is 0 Å². The predicted octanol–water partition coefficient (Wildman–Crippen LogP) is 3.15. The van der Waals surface area contributed by atoms with Gasteiger partial charge in [0.1, 0.15) is 12.2 Å². The van der Waals surface area contributed by atoms with Gasteiger partial charge in [-0.3, -0.25) is 0 Å². The highest BCUT2D eigenvalue weighted by atomic mass is 16.4. The van der Waals surface area contributed by atoms with Crippen LogP contribution in [0.25, 0.3) is 0 Å². The van der Waals surface area contributed by atoms with Crippen LogP contribution in [0.4, 0.5) is 0 Å². The molecule has 4 unspecified atom stereocenters. The number of hydrogen-bond donors (Lipinski definition) is 4. The molecule has 22 heavy (non-hydrogen) atoms. The molecule has 4 N–H and O–H groups in total. The summed E-state index contributed by atoms with van der Waals surface area (Å²) in [5.41, 5.74) is 0. The van der Waals surface area contributed by atoms with Crippen molar-refractivity contribution in [2.24, 2.45) is 0 Å². The lowest BCUT2D eigenvalue weighted by molar-refractivity contribution is -0.108. The van der Waals surface area contributed by atoms with E-state index in [0.29, 0.717) is 12.8 Å². The molecule has 0 saturated heterocycles. The monoisotopic (exact) mass is 318 g/mol. The van der Waals surface area contributed by atoms with Crippen LogP contribution in [0.5, 0.6) is 0 Å². The van der Waals surface area contributed by atoms with Crippen LogP contribution in [-0.2, 0) is 0 Å². The summed E-state index contributed by atoms with van der Waals surface area (Å²) in [5.74, 6) is 0. The first-order chi connectivity index (χ1) is 10.5. The minimum atomic E-state index is -1.25. The highest BCUT2D eigenvalue weighted by Gasteiger charge is 2.29. The minimum absolute atomic E-state index is 0.477. The maximum Gasteiger partial charge on any atom is 0.108 e.